The van der Waals surface area contributed by atoms with E-state index in [1.165, 1.54) is 0 Å². The summed E-state index contributed by atoms with van der Waals surface area (Å²) in [6, 6.07) is 26.2. The zero-order valence-corrected chi connectivity index (χ0v) is 26.1. The largest absolute Gasteiger partial charge is 0.494 e. The Morgan fingerprint density at radius 1 is 1.00 bits per heavy atom. The molecule has 1 heterocycles. The number of benzene rings is 4. The molecule has 0 saturated heterocycles. The van der Waals surface area contributed by atoms with Crippen molar-refractivity contribution >= 4 is 52.3 Å². The van der Waals surface area contributed by atoms with Crippen molar-refractivity contribution in [2.24, 2.45) is 10.1 Å². The Morgan fingerprint density at radius 3 is 2.44 bits per heavy atom. The summed E-state index contributed by atoms with van der Waals surface area (Å²) < 4.78 is 12.2. The van der Waals surface area contributed by atoms with Crippen LogP contribution in [0.3, 0.4) is 0 Å². The van der Waals surface area contributed by atoms with Crippen LogP contribution in [0.1, 0.15) is 34.8 Å². The lowest BCUT2D eigenvalue weighted by Gasteiger charge is -2.31. The Bertz CT molecular complexity index is 1760. The molecule has 0 aliphatic carbocycles. The van der Waals surface area contributed by atoms with Crippen LogP contribution < -0.4 is 10.1 Å². The first-order valence-corrected chi connectivity index (χ1v) is 15.2. The maximum Gasteiger partial charge on any atom is 0.252 e. The molecule has 0 aromatic heterocycles. The number of halogens is 3. The lowest BCUT2D eigenvalue weighted by molar-refractivity contribution is -0.129. The predicted molar refractivity (Wildman–Crippen MR) is 175 cm³/mol. The van der Waals surface area contributed by atoms with Gasteiger partial charge in [-0.2, -0.15) is 0 Å². The number of nitrogens with one attached hydrogen (secondary N) is 1. The number of carbonyl (C=O) groups is 1. The van der Waals surface area contributed by atoms with Gasteiger partial charge in [-0.25, -0.2) is 4.99 Å². The average molecular weight is 665 g/mol. The molecule has 4 aromatic carbocycles. The normalized spacial score (nSPS) is 17.2. The third-order valence-corrected chi connectivity index (χ3v) is 8.21. The van der Waals surface area contributed by atoms with Gasteiger partial charge in [-0.1, -0.05) is 88.4 Å². The lowest BCUT2D eigenvalue weighted by Crippen LogP contribution is -2.49. The number of ether oxygens (including phenoxy) is 2. The van der Waals surface area contributed by atoms with Crippen LogP contribution in [0.25, 0.3) is 10.4 Å². The van der Waals surface area contributed by atoms with E-state index in [-0.39, 0.29) is 25.5 Å². The Hall–Kier alpha value is -4.24. The predicted octanol–water partition coefficient (Wildman–Crippen LogP) is 8.17. The Kier molecular flexibility index (Phi) is 10.5. The van der Waals surface area contributed by atoms with Crippen molar-refractivity contribution in [3.05, 3.63) is 139 Å². The molecule has 12 heteroatoms. The number of amides is 1. The van der Waals surface area contributed by atoms with Crippen molar-refractivity contribution in [1.29, 1.82) is 0 Å². The third-order valence-electron chi connectivity index (χ3n) is 7.28. The van der Waals surface area contributed by atoms with E-state index in [0.29, 0.717) is 56.2 Å². The summed E-state index contributed by atoms with van der Waals surface area (Å²) in [5, 5.41) is 17.1. The van der Waals surface area contributed by atoms with Crippen LogP contribution in [0.2, 0.25) is 15.1 Å². The first kappa shape index (κ1) is 32.2. The highest BCUT2D eigenvalue weighted by molar-refractivity contribution is 6.35. The second-order valence-corrected chi connectivity index (χ2v) is 11.5. The Balaban J connectivity index is 1.63. The van der Waals surface area contributed by atoms with Gasteiger partial charge >= 0.3 is 0 Å². The minimum Gasteiger partial charge on any atom is -0.494 e. The fourth-order valence-electron chi connectivity index (χ4n) is 5.04. The van der Waals surface area contributed by atoms with E-state index in [1.807, 2.05) is 18.2 Å². The average Bonchev–Trinajstić information content (AvgIpc) is 3.42. The van der Waals surface area contributed by atoms with Gasteiger partial charge in [0.25, 0.3) is 5.91 Å². The molecule has 9 nitrogen and oxygen atoms in total. The molecule has 0 saturated carbocycles. The van der Waals surface area contributed by atoms with E-state index in [0.717, 1.165) is 5.56 Å². The molecule has 45 heavy (non-hydrogen) atoms. The van der Waals surface area contributed by atoms with Crippen LogP contribution in [0.4, 0.5) is 5.69 Å². The van der Waals surface area contributed by atoms with E-state index in [2.05, 4.69) is 15.3 Å². The van der Waals surface area contributed by atoms with E-state index in [1.54, 1.807) is 72.8 Å². The second-order valence-electron chi connectivity index (χ2n) is 10.2. The van der Waals surface area contributed by atoms with Crippen molar-refractivity contribution in [2.45, 2.75) is 31.0 Å². The van der Waals surface area contributed by atoms with Gasteiger partial charge in [-0.15, -0.1) is 0 Å². The summed E-state index contributed by atoms with van der Waals surface area (Å²) in [6.07, 6.45) is -0.487. The molecular weight excluding hydrogens is 637 g/mol. The van der Waals surface area contributed by atoms with E-state index >= 15 is 0 Å². The van der Waals surface area contributed by atoms with E-state index < -0.39 is 17.6 Å². The maximum absolute atomic E-state index is 14.5. The molecule has 1 aliphatic rings. The van der Waals surface area contributed by atoms with Crippen LogP contribution in [0.15, 0.2) is 101 Å². The molecule has 5 rings (SSSR count). The third kappa shape index (κ3) is 7.36. The molecule has 0 bridgehead atoms. The van der Waals surface area contributed by atoms with Gasteiger partial charge in [0.2, 0.25) is 5.90 Å². The summed E-state index contributed by atoms with van der Waals surface area (Å²) in [5.74, 6) is 0.366. The summed E-state index contributed by atoms with van der Waals surface area (Å²) in [6.45, 7) is 0.522. The highest BCUT2D eigenvalue weighted by Crippen LogP contribution is 2.46. The standard InChI is InChI=1S/C33H28Cl3N5O4/c34-24-12-15-26(28(36)18-24)30-33(19-22-6-2-4-9-29(22)40-41-37,32(43)38-20-23-7-1-3-8-27(23)35)39-31(45-30)21-10-13-25(14-11-21)44-17-5-16-42/h1-4,6-15,18,30,42H,5,16-17,19-20H2,(H,38,43)/t30-,33-/m1/s1. The summed E-state index contributed by atoms with van der Waals surface area (Å²) in [5.41, 5.74) is 10.4. The molecule has 0 radical (unpaired) electrons. The molecule has 4 aromatic rings. The van der Waals surface area contributed by atoms with Gasteiger partial charge in [0.15, 0.2) is 11.6 Å². The molecule has 1 aliphatic heterocycles. The molecular formula is C33H28Cl3N5O4. The Labute approximate surface area is 275 Å². The number of rotatable bonds is 12. The van der Waals surface area contributed by atoms with Crippen LogP contribution in [-0.4, -0.2) is 35.7 Å². The number of aliphatic hydroxyl groups is 1. The summed E-state index contributed by atoms with van der Waals surface area (Å²) in [4.78, 5) is 22.5. The van der Waals surface area contributed by atoms with Crippen molar-refractivity contribution < 1.29 is 19.4 Å². The topological polar surface area (TPSA) is 129 Å². The van der Waals surface area contributed by atoms with Crippen molar-refractivity contribution in [1.82, 2.24) is 5.32 Å². The van der Waals surface area contributed by atoms with Crippen molar-refractivity contribution in [2.75, 3.05) is 13.2 Å². The zero-order valence-electron chi connectivity index (χ0n) is 23.9. The second kappa shape index (κ2) is 14.7. The molecule has 1 amide bonds. The fourth-order valence-corrected chi connectivity index (χ4v) is 5.75. The summed E-state index contributed by atoms with van der Waals surface area (Å²) in [7, 11) is 0. The van der Waals surface area contributed by atoms with E-state index in [4.69, 9.17) is 54.4 Å². The smallest absolute Gasteiger partial charge is 0.252 e. The minimum absolute atomic E-state index is 0.00598. The first-order valence-electron chi connectivity index (χ1n) is 14.0. The quantitative estimate of drug-likeness (QED) is 0.0685. The van der Waals surface area contributed by atoms with Gasteiger partial charge in [-0.05, 0) is 59.1 Å². The van der Waals surface area contributed by atoms with Gasteiger partial charge in [-0.3, -0.25) is 4.79 Å². The zero-order chi connectivity index (χ0) is 31.8. The number of nitrogens with zero attached hydrogens (tertiary/aromatic N) is 4. The van der Waals surface area contributed by atoms with Gasteiger partial charge < -0.3 is 19.9 Å². The van der Waals surface area contributed by atoms with Crippen LogP contribution in [0.5, 0.6) is 5.75 Å². The number of azide groups is 1. The molecule has 2 atom stereocenters. The number of hydrogen-bond donors (Lipinski definition) is 2. The van der Waals surface area contributed by atoms with Gasteiger partial charge in [0.1, 0.15) is 5.75 Å². The van der Waals surface area contributed by atoms with E-state index in [9.17, 15) is 10.3 Å². The van der Waals surface area contributed by atoms with Crippen molar-refractivity contribution in [3.63, 3.8) is 0 Å². The van der Waals surface area contributed by atoms with Crippen LogP contribution in [-0.2, 0) is 22.5 Å². The molecule has 0 unspecified atom stereocenters. The first-order chi connectivity index (χ1) is 21.8. The van der Waals surface area contributed by atoms with Gasteiger partial charge in [0.05, 0.1) is 6.61 Å². The highest BCUT2D eigenvalue weighted by atomic mass is 35.5. The fraction of sp³-hybridized carbons (Fsp3) is 0.212. The highest BCUT2D eigenvalue weighted by Gasteiger charge is 2.54. The monoisotopic (exact) mass is 663 g/mol. The van der Waals surface area contributed by atoms with Crippen LogP contribution >= 0.6 is 34.8 Å². The minimum atomic E-state index is -1.61. The van der Waals surface area contributed by atoms with Crippen molar-refractivity contribution in [3.8, 4) is 5.75 Å². The number of hydrogen-bond acceptors (Lipinski definition) is 6. The molecule has 230 valence electrons. The molecule has 0 spiro atoms. The molecule has 0 fully saturated rings. The number of carbonyl (C=O) groups excluding carboxylic acids is 1. The Morgan fingerprint density at radius 2 is 1.73 bits per heavy atom. The number of aliphatic imine (C=N–C) groups is 1. The van der Waals surface area contributed by atoms with Crippen LogP contribution in [0, 0.1) is 0 Å². The maximum atomic E-state index is 14.5. The number of aliphatic hydroxyl groups excluding tert-OH is 1. The summed E-state index contributed by atoms with van der Waals surface area (Å²) >= 11 is 19.4. The SMILES string of the molecule is [N-]=[N+]=Nc1ccccc1C[C@@]1(C(=O)NCc2ccccc2Cl)N=C(c2ccc(OCCCO)cc2)O[C@@H]1c1ccc(Cl)cc1Cl. The lowest BCUT2D eigenvalue weighted by atomic mass is 9.81. The van der Waals surface area contributed by atoms with Gasteiger partial charge in [0, 0.05) is 62.8 Å². The molecule has 2 N–H and O–H groups in total.